The zero-order chi connectivity index (χ0) is 22.6. The van der Waals surface area contributed by atoms with E-state index in [0.29, 0.717) is 12.4 Å². The van der Waals surface area contributed by atoms with Crippen LogP contribution in [0.4, 0.5) is 0 Å². The molecule has 7 heteroatoms. The Labute approximate surface area is 187 Å². The third kappa shape index (κ3) is 4.72. The highest BCUT2D eigenvalue weighted by molar-refractivity contribution is 5.66. The zero-order valence-corrected chi connectivity index (χ0v) is 18.5. The van der Waals surface area contributed by atoms with E-state index in [1.807, 2.05) is 75.6 Å². The Hall–Kier alpha value is -3.87. The predicted octanol–water partition coefficient (Wildman–Crippen LogP) is 5.79. The monoisotopic (exact) mass is 429 g/mol. The average Bonchev–Trinajstić information content (AvgIpc) is 3.51. The number of aliphatic hydroxyl groups excluding tert-OH is 1. The van der Waals surface area contributed by atoms with Crippen LogP contribution in [0, 0.1) is 5.41 Å². The number of benzene rings is 1. The normalized spacial score (nSPS) is 12.2. The van der Waals surface area contributed by atoms with Gasteiger partial charge >= 0.3 is 0 Å². The molecule has 0 aliphatic rings. The molecule has 0 saturated carbocycles. The lowest BCUT2D eigenvalue weighted by Gasteiger charge is -2.24. The highest BCUT2D eigenvalue weighted by Crippen LogP contribution is 2.28. The van der Waals surface area contributed by atoms with Crippen molar-refractivity contribution in [3.05, 3.63) is 73.0 Å². The first kappa shape index (κ1) is 21.4. The fourth-order valence-corrected chi connectivity index (χ4v) is 3.25. The van der Waals surface area contributed by atoms with Crippen LogP contribution in [0.15, 0.2) is 73.0 Å². The number of ether oxygens (including phenoxy) is 1. The molecule has 4 aromatic rings. The first-order valence-electron chi connectivity index (χ1n) is 10.6. The fraction of sp³-hybridized carbons (Fsp3) is 0.240. The van der Waals surface area contributed by atoms with E-state index in [0.717, 1.165) is 46.1 Å². The Kier molecular flexibility index (Phi) is 6.07. The van der Waals surface area contributed by atoms with Gasteiger partial charge in [-0.2, -0.15) is 5.10 Å². The van der Waals surface area contributed by atoms with Crippen LogP contribution in [0.2, 0.25) is 0 Å². The molecule has 0 unspecified atom stereocenters. The van der Waals surface area contributed by atoms with Crippen molar-refractivity contribution < 1.29 is 9.84 Å². The smallest absolute Gasteiger partial charge is 0.139 e. The first-order valence-corrected chi connectivity index (χ1v) is 10.6. The van der Waals surface area contributed by atoms with Crippen molar-refractivity contribution in [1.82, 2.24) is 25.1 Å². The molecule has 1 aromatic carbocycles. The van der Waals surface area contributed by atoms with Crippen LogP contribution in [0.25, 0.3) is 33.9 Å². The number of aromatic nitrogens is 5. The number of allylic oxidation sites excluding steroid dienone is 1. The van der Waals surface area contributed by atoms with Crippen molar-refractivity contribution >= 4 is 0 Å². The molecule has 0 bridgehead atoms. The van der Waals surface area contributed by atoms with Gasteiger partial charge in [-0.1, -0.05) is 6.92 Å². The van der Waals surface area contributed by atoms with Crippen molar-refractivity contribution in [3.63, 3.8) is 0 Å². The minimum Gasteiger partial charge on any atom is -0.512 e. The second-order valence-electron chi connectivity index (χ2n) is 8.26. The van der Waals surface area contributed by atoms with Crippen LogP contribution in [-0.4, -0.2) is 36.9 Å². The zero-order valence-electron chi connectivity index (χ0n) is 18.5. The molecule has 0 atom stereocenters. The third-order valence-electron chi connectivity index (χ3n) is 5.26. The van der Waals surface area contributed by atoms with Crippen molar-refractivity contribution in [1.29, 1.82) is 0 Å². The maximum atomic E-state index is 10.2. The van der Waals surface area contributed by atoms with Crippen molar-refractivity contribution in [2.24, 2.45) is 5.41 Å². The minimum absolute atomic E-state index is 0.356. The molecule has 3 heterocycles. The second kappa shape index (κ2) is 9.09. The number of imidazole rings is 1. The number of hydrogen-bond acceptors (Lipinski definition) is 5. The highest BCUT2D eigenvalue weighted by Gasteiger charge is 2.24. The van der Waals surface area contributed by atoms with Gasteiger partial charge in [0.15, 0.2) is 0 Å². The lowest BCUT2D eigenvalue weighted by molar-refractivity contribution is 0.157. The van der Waals surface area contributed by atoms with Gasteiger partial charge in [0.05, 0.1) is 35.0 Å². The van der Waals surface area contributed by atoms with Gasteiger partial charge in [0, 0.05) is 29.1 Å². The number of aromatic amines is 2. The maximum Gasteiger partial charge on any atom is 0.139 e. The standard InChI is InChI=1S/C25H27N5O2/c1-4-5-23(31)25(2,3)16-32-20-9-6-17(7-10-20)21-11-8-18(12-26-21)24-27-15-22(30-24)19-13-28-29-14-19/h5-15,31H,4,16H2,1-3H3,(H,27,30)(H,28,29)/b23-5-. The number of H-pyrrole nitrogens is 2. The van der Waals surface area contributed by atoms with Crippen LogP contribution >= 0.6 is 0 Å². The molecule has 0 amide bonds. The van der Waals surface area contributed by atoms with Crippen molar-refractivity contribution in [2.75, 3.05) is 6.61 Å². The molecular formula is C25H27N5O2. The first-order chi connectivity index (χ1) is 15.5. The van der Waals surface area contributed by atoms with E-state index in [4.69, 9.17) is 4.74 Å². The number of rotatable bonds is 8. The van der Waals surface area contributed by atoms with Gasteiger partial charge in [-0.25, -0.2) is 4.98 Å². The Morgan fingerprint density at radius 3 is 2.44 bits per heavy atom. The van der Waals surface area contributed by atoms with Gasteiger partial charge < -0.3 is 14.8 Å². The Balaban J connectivity index is 1.42. The van der Waals surface area contributed by atoms with Gasteiger partial charge in [-0.3, -0.25) is 10.1 Å². The summed E-state index contributed by atoms with van der Waals surface area (Å²) in [5, 5.41) is 16.9. The highest BCUT2D eigenvalue weighted by atomic mass is 16.5. The van der Waals surface area contributed by atoms with Crippen LogP contribution in [0.1, 0.15) is 27.2 Å². The second-order valence-corrected chi connectivity index (χ2v) is 8.26. The van der Waals surface area contributed by atoms with Gasteiger partial charge in [0.1, 0.15) is 18.2 Å². The summed E-state index contributed by atoms with van der Waals surface area (Å²) in [6.45, 7) is 6.32. The molecule has 0 fully saturated rings. The maximum absolute atomic E-state index is 10.2. The van der Waals surface area contributed by atoms with Gasteiger partial charge in [0.2, 0.25) is 0 Å². The van der Waals surface area contributed by atoms with Gasteiger partial charge in [-0.05, 0) is 62.7 Å². The summed E-state index contributed by atoms with van der Waals surface area (Å²) in [7, 11) is 0. The molecule has 4 rings (SSSR count). The van der Waals surface area contributed by atoms with Crippen LogP contribution < -0.4 is 4.74 Å². The molecule has 0 radical (unpaired) electrons. The van der Waals surface area contributed by atoms with E-state index in [-0.39, 0.29) is 0 Å². The van der Waals surface area contributed by atoms with Crippen LogP contribution in [0.3, 0.4) is 0 Å². The molecule has 0 spiro atoms. The summed E-state index contributed by atoms with van der Waals surface area (Å²) in [5.41, 5.74) is 4.19. The molecule has 0 saturated heterocycles. The minimum atomic E-state index is -0.435. The molecular weight excluding hydrogens is 402 g/mol. The number of aliphatic hydroxyl groups is 1. The largest absolute Gasteiger partial charge is 0.512 e. The van der Waals surface area contributed by atoms with E-state index >= 15 is 0 Å². The van der Waals surface area contributed by atoms with E-state index < -0.39 is 5.41 Å². The quantitative estimate of drug-likeness (QED) is 0.308. The average molecular weight is 430 g/mol. The molecule has 164 valence electrons. The van der Waals surface area contributed by atoms with E-state index in [2.05, 4.69) is 25.1 Å². The summed E-state index contributed by atoms with van der Waals surface area (Å²) in [6.07, 6.45) is 9.77. The summed E-state index contributed by atoms with van der Waals surface area (Å²) in [6, 6.07) is 11.8. The lowest BCUT2D eigenvalue weighted by atomic mass is 9.91. The number of nitrogens with one attached hydrogen (secondary N) is 2. The summed E-state index contributed by atoms with van der Waals surface area (Å²) < 4.78 is 5.90. The molecule has 32 heavy (non-hydrogen) atoms. The number of pyridine rings is 1. The van der Waals surface area contributed by atoms with Gasteiger partial charge in [-0.15, -0.1) is 0 Å². The number of nitrogens with zero attached hydrogens (tertiary/aromatic N) is 3. The molecule has 3 N–H and O–H groups in total. The summed E-state index contributed by atoms with van der Waals surface area (Å²) in [5.74, 6) is 1.87. The summed E-state index contributed by atoms with van der Waals surface area (Å²) in [4.78, 5) is 12.3. The number of hydrogen-bond donors (Lipinski definition) is 3. The van der Waals surface area contributed by atoms with Crippen LogP contribution in [0.5, 0.6) is 5.75 Å². The van der Waals surface area contributed by atoms with Crippen molar-refractivity contribution in [2.45, 2.75) is 27.2 Å². The Morgan fingerprint density at radius 2 is 1.78 bits per heavy atom. The predicted molar refractivity (Wildman–Crippen MR) is 125 cm³/mol. The third-order valence-corrected chi connectivity index (χ3v) is 5.26. The molecule has 3 aromatic heterocycles. The van der Waals surface area contributed by atoms with Crippen molar-refractivity contribution in [3.8, 4) is 39.7 Å². The van der Waals surface area contributed by atoms with E-state index in [1.165, 1.54) is 0 Å². The molecule has 0 aliphatic heterocycles. The van der Waals surface area contributed by atoms with Gasteiger partial charge in [0.25, 0.3) is 0 Å². The topological polar surface area (TPSA) is 99.7 Å². The summed E-state index contributed by atoms with van der Waals surface area (Å²) >= 11 is 0. The van der Waals surface area contributed by atoms with E-state index in [1.54, 1.807) is 12.4 Å². The molecule has 0 aliphatic carbocycles. The Bertz CT molecular complexity index is 1170. The SMILES string of the molecule is CC/C=C(\O)C(C)(C)COc1ccc(-c2ccc(-c3ncc(-c4cn[nH]c4)[nH]3)cn2)cc1. The van der Waals surface area contributed by atoms with E-state index in [9.17, 15) is 5.11 Å². The van der Waals surface area contributed by atoms with Crippen LogP contribution in [-0.2, 0) is 0 Å². The molecule has 7 nitrogen and oxygen atoms in total. The Morgan fingerprint density at radius 1 is 1.00 bits per heavy atom. The fourth-order valence-electron chi connectivity index (χ4n) is 3.25. The lowest BCUT2D eigenvalue weighted by Crippen LogP contribution is -2.24.